The van der Waals surface area contributed by atoms with Gasteiger partial charge in [0, 0.05) is 12.8 Å². The molecule has 0 aliphatic carbocycles. The van der Waals surface area contributed by atoms with E-state index < -0.39 is 0 Å². The molecule has 0 unspecified atom stereocenters. The van der Waals surface area contributed by atoms with Gasteiger partial charge in [0.15, 0.2) is 0 Å². The average Bonchev–Trinajstić information content (AvgIpc) is 2.78. The molecule has 31 heavy (non-hydrogen) atoms. The number of benzene rings is 1. The molecule has 0 heterocycles. The number of unbranched alkanes of at least 4 members (excludes halogenated alkanes) is 10. The summed E-state index contributed by atoms with van der Waals surface area (Å²) in [6.07, 6.45) is 16.4. The number of aryl methyl sites for hydroxylation is 1. The highest BCUT2D eigenvalue weighted by molar-refractivity contribution is 5.69. The largest absolute Gasteiger partial charge is 0.466 e. The first-order chi connectivity index (χ1) is 15.2. The second-order valence-corrected chi connectivity index (χ2v) is 8.42. The van der Waals surface area contributed by atoms with Crippen LogP contribution >= 0.6 is 0 Å². The maximum absolute atomic E-state index is 11.8. The quantitative estimate of drug-likeness (QED) is 0.162. The Kier molecular flexibility index (Phi) is 17.6. The van der Waals surface area contributed by atoms with Crippen LogP contribution in [0, 0.1) is 0 Å². The van der Waals surface area contributed by atoms with E-state index in [0.717, 1.165) is 44.9 Å². The maximum Gasteiger partial charge on any atom is 0.305 e. The number of hydrogen-bond acceptors (Lipinski definition) is 4. The van der Waals surface area contributed by atoms with Crippen LogP contribution in [0.1, 0.15) is 109 Å². The molecule has 0 spiro atoms. The van der Waals surface area contributed by atoms with E-state index in [4.69, 9.17) is 9.47 Å². The van der Waals surface area contributed by atoms with Crippen LogP contribution in [0.3, 0.4) is 0 Å². The molecule has 4 heteroatoms. The molecule has 0 atom stereocenters. The summed E-state index contributed by atoms with van der Waals surface area (Å²) in [6.45, 7) is 3.26. The van der Waals surface area contributed by atoms with Crippen LogP contribution in [0.4, 0.5) is 0 Å². The molecule has 1 rings (SSSR count). The van der Waals surface area contributed by atoms with Crippen LogP contribution in [-0.4, -0.2) is 25.2 Å². The van der Waals surface area contributed by atoms with Crippen LogP contribution in [0.2, 0.25) is 0 Å². The van der Waals surface area contributed by atoms with Crippen molar-refractivity contribution in [2.24, 2.45) is 0 Å². The van der Waals surface area contributed by atoms with Gasteiger partial charge in [0.1, 0.15) is 0 Å². The minimum absolute atomic E-state index is 0.108. The summed E-state index contributed by atoms with van der Waals surface area (Å²) in [6, 6.07) is 10.2. The molecule has 0 aliphatic rings. The average molecular weight is 433 g/mol. The van der Waals surface area contributed by atoms with Gasteiger partial charge in [0.25, 0.3) is 0 Å². The zero-order valence-corrected chi connectivity index (χ0v) is 19.7. The van der Waals surface area contributed by atoms with Crippen molar-refractivity contribution in [2.75, 3.05) is 13.2 Å². The van der Waals surface area contributed by atoms with Crippen molar-refractivity contribution in [1.29, 1.82) is 0 Å². The zero-order chi connectivity index (χ0) is 22.4. The molecule has 0 saturated carbocycles. The van der Waals surface area contributed by atoms with Gasteiger partial charge in [-0.15, -0.1) is 0 Å². The molecule has 0 aliphatic heterocycles. The Hall–Kier alpha value is -1.84. The Morgan fingerprint density at radius 1 is 0.613 bits per heavy atom. The first-order valence-corrected chi connectivity index (χ1v) is 12.6. The Morgan fingerprint density at radius 3 is 1.68 bits per heavy atom. The predicted molar refractivity (Wildman–Crippen MR) is 127 cm³/mol. The van der Waals surface area contributed by atoms with Gasteiger partial charge in [-0.3, -0.25) is 9.59 Å². The van der Waals surface area contributed by atoms with Gasteiger partial charge in [0.05, 0.1) is 13.2 Å². The van der Waals surface area contributed by atoms with Crippen LogP contribution in [-0.2, 0) is 25.5 Å². The van der Waals surface area contributed by atoms with Crippen molar-refractivity contribution in [3.8, 4) is 0 Å². The summed E-state index contributed by atoms with van der Waals surface area (Å²) in [4.78, 5) is 23.5. The fourth-order valence-electron chi connectivity index (χ4n) is 3.57. The fourth-order valence-corrected chi connectivity index (χ4v) is 3.57. The van der Waals surface area contributed by atoms with Gasteiger partial charge in [0.2, 0.25) is 0 Å². The van der Waals surface area contributed by atoms with E-state index in [-0.39, 0.29) is 11.9 Å². The van der Waals surface area contributed by atoms with E-state index >= 15 is 0 Å². The third-order valence-electron chi connectivity index (χ3n) is 5.49. The first kappa shape index (κ1) is 27.2. The molecule has 4 nitrogen and oxygen atoms in total. The van der Waals surface area contributed by atoms with Gasteiger partial charge in [-0.05, 0) is 37.7 Å². The van der Waals surface area contributed by atoms with E-state index in [1.54, 1.807) is 0 Å². The van der Waals surface area contributed by atoms with Crippen molar-refractivity contribution in [1.82, 2.24) is 0 Å². The van der Waals surface area contributed by atoms with Crippen LogP contribution < -0.4 is 0 Å². The standard InChI is InChI=1S/C27H44O4/c1-2-3-4-5-6-7-8-9-16-23-30-26(28)21-14-11-15-22-27(29)31-24-17-20-25-18-12-10-13-19-25/h10,12-13,18-19H,2-9,11,14-17,20-24H2,1H3. The van der Waals surface area contributed by atoms with Crippen molar-refractivity contribution in [3.05, 3.63) is 35.9 Å². The zero-order valence-electron chi connectivity index (χ0n) is 19.7. The summed E-state index contributed by atoms with van der Waals surface area (Å²) < 4.78 is 10.6. The van der Waals surface area contributed by atoms with E-state index in [9.17, 15) is 9.59 Å². The normalized spacial score (nSPS) is 10.7. The van der Waals surface area contributed by atoms with Crippen LogP contribution in [0.15, 0.2) is 30.3 Å². The monoisotopic (exact) mass is 432 g/mol. The number of ether oxygens (including phenoxy) is 2. The molecule has 0 N–H and O–H groups in total. The molecule has 0 radical (unpaired) electrons. The molecule has 0 fully saturated rings. The van der Waals surface area contributed by atoms with Gasteiger partial charge >= 0.3 is 11.9 Å². The van der Waals surface area contributed by atoms with E-state index in [0.29, 0.717) is 26.1 Å². The Balaban J connectivity index is 1.82. The van der Waals surface area contributed by atoms with Crippen molar-refractivity contribution in [3.63, 3.8) is 0 Å². The predicted octanol–water partition coefficient (Wildman–Crippen LogP) is 7.19. The second-order valence-electron chi connectivity index (χ2n) is 8.42. The molecule has 1 aromatic rings. The van der Waals surface area contributed by atoms with Gasteiger partial charge in [-0.2, -0.15) is 0 Å². The Morgan fingerprint density at radius 2 is 1.10 bits per heavy atom. The van der Waals surface area contributed by atoms with Gasteiger partial charge in [-0.1, -0.05) is 95.0 Å². The Labute approximate surface area is 190 Å². The van der Waals surface area contributed by atoms with Gasteiger partial charge < -0.3 is 9.47 Å². The van der Waals surface area contributed by atoms with Gasteiger partial charge in [-0.25, -0.2) is 0 Å². The SMILES string of the molecule is CCCCCCCCCCCOC(=O)CCCCCC(=O)OCCCc1ccccc1. The lowest BCUT2D eigenvalue weighted by molar-refractivity contribution is -0.144. The van der Waals surface area contributed by atoms with Crippen molar-refractivity contribution < 1.29 is 19.1 Å². The summed E-state index contributed by atoms with van der Waals surface area (Å²) >= 11 is 0. The third kappa shape index (κ3) is 17.5. The number of carbonyl (C=O) groups excluding carboxylic acids is 2. The minimum Gasteiger partial charge on any atom is -0.466 e. The molecule has 0 amide bonds. The summed E-state index contributed by atoms with van der Waals surface area (Å²) in [7, 11) is 0. The number of hydrogen-bond donors (Lipinski definition) is 0. The smallest absolute Gasteiger partial charge is 0.305 e. The molecule has 0 aromatic heterocycles. The Bertz CT molecular complexity index is 556. The summed E-state index contributed by atoms with van der Waals surface area (Å²) in [5, 5.41) is 0. The van der Waals surface area contributed by atoms with Crippen LogP contribution in [0.5, 0.6) is 0 Å². The molecular formula is C27H44O4. The van der Waals surface area contributed by atoms with Crippen molar-refractivity contribution >= 4 is 11.9 Å². The minimum atomic E-state index is -0.138. The van der Waals surface area contributed by atoms with E-state index in [1.807, 2.05) is 18.2 Å². The molecule has 1 aromatic carbocycles. The maximum atomic E-state index is 11.8. The van der Waals surface area contributed by atoms with E-state index in [2.05, 4.69) is 19.1 Å². The molecule has 0 bridgehead atoms. The number of esters is 2. The lowest BCUT2D eigenvalue weighted by Crippen LogP contribution is -2.07. The van der Waals surface area contributed by atoms with Crippen molar-refractivity contribution in [2.45, 2.75) is 110 Å². The summed E-state index contributed by atoms with van der Waals surface area (Å²) in [5.74, 6) is -0.246. The number of rotatable bonds is 20. The first-order valence-electron chi connectivity index (χ1n) is 12.6. The number of carbonyl (C=O) groups is 2. The molecule has 0 saturated heterocycles. The fraction of sp³-hybridized carbons (Fsp3) is 0.704. The molecular weight excluding hydrogens is 388 g/mol. The second kappa shape index (κ2) is 20.1. The molecule has 176 valence electrons. The lowest BCUT2D eigenvalue weighted by atomic mass is 10.1. The highest BCUT2D eigenvalue weighted by Crippen LogP contribution is 2.10. The third-order valence-corrected chi connectivity index (χ3v) is 5.49. The summed E-state index contributed by atoms with van der Waals surface area (Å²) in [5.41, 5.74) is 1.27. The van der Waals surface area contributed by atoms with E-state index in [1.165, 1.54) is 50.5 Å². The lowest BCUT2D eigenvalue weighted by Gasteiger charge is -2.06. The highest BCUT2D eigenvalue weighted by Gasteiger charge is 2.05. The van der Waals surface area contributed by atoms with Crippen LogP contribution in [0.25, 0.3) is 0 Å². The highest BCUT2D eigenvalue weighted by atomic mass is 16.5. The topological polar surface area (TPSA) is 52.6 Å².